The molecule has 0 spiro atoms. The molecule has 0 radical (unpaired) electrons. The Morgan fingerprint density at radius 1 is 0.357 bits per heavy atom. The molecule has 6 nitrogen and oxygen atoms in total. The average Bonchev–Trinajstić information content (AvgIpc) is 2.33. The van der Waals surface area contributed by atoms with Crippen LogP contribution in [0.1, 0.15) is 0 Å². The second kappa shape index (κ2) is 2510. The summed E-state index contributed by atoms with van der Waals surface area (Å²) in [6.07, 6.45) is 0. The van der Waals surface area contributed by atoms with E-state index >= 15 is 0 Å². The van der Waals surface area contributed by atoms with Gasteiger partial charge in [-0.2, -0.15) is 42.7 Å². The van der Waals surface area contributed by atoms with Crippen molar-refractivity contribution in [2.45, 2.75) is 0 Å². The van der Waals surface area contributed by atoms with Crippen molar-refractivity contribution in [1.29, 1.82) is 0 Å². The van der Waals surface area contributed by atoms with Gasteiger partial charge in [0.15, 0.2) is 0 Å². The van der Waals surface area contributed by atoms with Crippen molar-refractivity contribution in [3.05, 3.63) is 0 Å². The van der Waals surface area contributed by atoms with E-state index in [0.29, 0.717) is 0 Å². The van der Waals surface area contributed by atoms with Crippen LogP contribution in [0.3, 0.4) is 0 Å². The van der Waals surface area contributed by atoms with Crippen LogP contribution < -0.4 is 30.6 Å². The largest absolute Gasteiger partial charge is 4.00 e. The normalized spacial score (nSPS) is 2.57. The topological polar surface area (TPSA) is 138 Å². The van der Waals surface area contributed by atoms with E-state index in [2.05, 4.69) is 0 Å². The third kappa shape index (κ3) is 1980. The molecular weight excluding hydrogens is 320 g/mol. The predicted octanol–water partition coefficient (Wildman–Crippen LogP) is -6.15. The van der Waals surface area contributed by atoms with Crippen LogP contribution in [0.15, 0.2) is 0 Å². The van der Waals surface area contributed by atoms with E-state index in [1.807, 2.05) is 0 Å². The van der Waals surface area contributed by atoms with Gasteiger partial charge in [-0.15, -0.1) is 0 Å². The number of rotatable bonds is 0. The van der Waals surface area contributed by atoms with Gasteiger partial charge in [-0.05, 0) is 0 Å². The predicted molar refractivity (Wildman–Crippen MR) is 35.5 cm³/mol. The molecule has 0 N–H and O–H groups in total. The monoisotopic (exact) mass is 340 g/mol. The molecule has 0 aliphatic rings. The van der Waals surface area contributed by atoms with E-state index in [0.717, 1.165) is 42.7 Å². The SMILES string of the molecule is C[O-].C[O-].C[O-].C[O-].C[O-].C[O-].[Fe+2].[Mo+4]. The summed E-state index contributed by atoms with van der Waals surface area (Å²) in [7, 11) is 4.50. The van der Waals surface area contributed by atoms with Crippen molar-refractivity contribution in [2.24, 2.45) is 0 Å². The fourth-order valence-corrected chi connectivity index (χ4v) is 0. The van der Waals surface area contributed by atoms with Crippen LogP contribution in [0.2, 0.25) is 0 Å². The molecule has 0 saturated heterocycles. The van der Waals surface area contributed by atoms with E-state index in [1.165, 1.54) is 0 Å². The first-order chi connectivity index (χ1) is 6.00. The third-order valence-electron chi connectivity index (χ3n) is 0. The number of hydrogen-bond acceptors (Lipinski definition) is 6. The summed E-state index contributed by atoms with van der Waals surface area (Å²) in [4.78, 5) is 0. The van der Waals surface area contributed by atoms with E-state index in [4.69, 9.17) is 30.6 Å². The Bertz CT molecular complexity index is 22.3. The Hall–Kier alpha value is 0.968. The summed E-state index contributed by atoms with van der Waals surface area (Å²) in [6, 6.07) is 0. The van der Waals surface area contributed by atoms with Crippen LogP contribution in [0, 0.1) is 0 Å². The van der Waals surface area contributed by atoms with Crippen LogP contribution in [0.4, 0.5) is 0 Å². The molecule has 14 heavy (non-hydrogen) atoms. The molecule has 0 atom stereocenters. The van der Waals surface area contributed by atoms with Gasteiger partial charge in [-0.3, -0.25) is 0 Å². The molecule has 8 heteroatoms. The second-order valence-corrected chi connectivity index (χ2v) is 0. The van der Waals surface area contributed by atoms with Gasteiger partial charge in [-0.25, -0.2) is 0 Å². The zero-order chi connectivity index (χ0) is 12.0. The Labute approximate surface area is 111 Å². The molecule has 0 saturated carbocycles. The Morgan fingerprint density at radius 2 is 0.357 bits per heavy atom. The maximum atomic E-state index is 8.25. The minimum Gasteiger partial charge on any atom is -0.857 e. The standard InChI is InChI=1S/6CH3O.Fe.Mo/c6*1-2;;/h6*1H3;;/q6*-1;+2;+4. The summed E-state index contributed by atoms with van der Waals surface area (Å²) >= 11 is 0. The Kier molecular flexibility index (Phi) is 10800. The minimum absolute atomic E-state index is 0. The van der Waals surface area contributed by atoms with Gasteiger partial charge >= 0.3 is 38.1 Å². The van der Waals surface area contributed by atoms with Crippen molar-refractivity contribution < 1.29 is 68.8 Å². The van der Waals surface area contributed by atoms with E-state index in [1.54, 1.807) is 0 Å². The summed E-state index contributed by atoms with van der Waals surface area (Å²) in [5, 5.41) is 49.5. The molecule has 0 fully saturated rings. The van der Waals surface area contributed by atoms with Crippen LogP contribution in [0.25, 0.3) is 0 Å². The van der Waals surface area contributed by atoms with Crippen LogP contribution in [-0.4, -0.2) is 42.7 Å². The molecule has 0 unspecified atom stereocenters. The molecule has 0 aromatic heterocycles. The molecule has 92 valence electrons. The summed E-state index contributed by atoms with van der Waals surface area (Å²) in [6.45, 7) is 0. The molecule has 0 aliphatic carbocycles. The molecule has 0 rings (SSSR count). The van der Waals surface area contributed by atoms with Gasteiger partial charge in [0.05, 0.1) is 0 Å². The first-order valence-corrected chi connectivity index (χ1v) is 2.45. The van der Waals surface area contributed by atoms with Crippen molar-refractivity contribution in [3.8, 4) is 0 Å². The van der Waals surface area contributed by atoms with Gasteiger partial charge in [0.1, 0.15) is 0 Å². The zero-order valence-electron chi connectivity index (χ0n) is 9.21. The van der Waals surface area contributed by atoms with Gasteiger partial charge < -0.3 is 30.6 Å². The Balaban J connectivity index is -0.00000000500. The summed E-state index contributed by atoms with van der Waals surface area (Å²) < 4.78 is 0. The van der Waals surface area contributed by atoms with Crippen molar-refractivity contribution >= 4 is 0 Å². The van der Waals surface area contributed by atoms with Gasteiger partial charge in [0.2, 0.25) is 0 Å². The molecule has 0 aromatic rings. The van der Waals surface area contributed by atoms with Crippen LogP contribution in [-0.2, 0) is 38.1 Å². The second-order valence-electron chi connectivity index (χ2n) is 0. The summed E-state index contributed by atoms with van der Waals surface area (Å²) in [5.41, 5.74) is 0. The van der Waals surface area contributed by atoms with Gasteiger partial charge in [-0.1, -0.05) is 0 Å². The quantitative estimate of drug-likeness (QED) is 0.403. The van der Waals surface area contributed by atoms with Crippen molar-refractivity contribution in [1.82, 2.24) is 0 Å². The molecule has 0 amide bonds. The van der Waals surface area contributed by atoms with Gasteiger partial charge in [0.25, 0.3) is 0 Å². The van der Waals surface area contributed by atoms with E-state index in [9.17, 15) is 0 Å². The zero-order valence-corrected chi connectivity index (χ0v) is 12.3. The fourth-order valence-electron chi connectivity index (χ4n) is 0. The maximum absolute atomic E-state index is 8.25. The molecule has 0 heterocycles. The maximum Gasteiger partial charge on any atom is 4.00 e. The Morgan fingerprint density at radius 3 is 0.357 bits per heavy atom. The smallest absolute Gasteiger partial charge is 0.857 e. The molecule has 0 aliphatic heterocycles. The fraction of sp³-hybridized carbons (Fsp3) is 1.00. The average molecular weight is 338 g/mol. The molecule has 0 aromatic carbocycles. The first kappa shape index (κ1) is 60.1. The van der Waals surface area contributed by atoms with E-state index in [-0.39, 0.29) is 38.1 Å². The van der Waals surface area contributed by atoms with Gasteiger partial charge in [0, 0.05) is 0 Å². The summed E-state index contributed by atoms with van der Waals surface area (Å²) in [5.74, 6) is 0. The van der Waals surface area contributed by atoms with Crippen LogP contribution >= 0.6 is 0 Å². The third-order valence-corrected chi connectivity index (χ3v) is 0. The first-order valence-electron chi connectivity index (χ1n) is 2.45. The number of hydrogen-bond donors (Lipinski definition) is 0. The van der Waals surface area contributed by atoms with Crippen molar-refractivity contribution in [3.63, 3.8) is 0 Å². The molecular formula is C6H18FeMoO6. The molecule has 0 bridgehead atoms. The van der Waals surface area contributed by atoms with Crippen molar-refractivity contribution in [2.75, 3.05) is 42.7 Å². The minimum atomic E-state index is 0. The van der Waals surface area contributed by atoms with Crippen LogP contribution in [0.5, 0.6) is 0 Å². The van der Waals surface area contributed by atoms with E-state index < -0.39 is 0 Å².